The van der Waals surface area contributed by atoms with E-state index in [0.29, 0.717) is 43.7 Å². The van der Waals surface area contributed by atoms with Gasteiger partial charge < -0.3 is 14.1 Å². The van der Waals surface area contributed by atoms with Gasteiger partial charge in [0.15, 0.2) is 0 Å². The van der Waals surface area contributed by atoms with E-state index in [0.717, 1.165) is 4.88 Å². The minimum atomic E-state index is -0.157. The Bertz CT molecular complexity index is 709. The first-order valence-corrected chi connectivity index (χ1v) is 9.98. The van der Waals surface area contributed by atoms with E-state index in [1.165, 1.54) is 23.1 Å². The number of hydrogen-bond acceptors (Lipinski definition) is 8. The van der Waals surface area contributed by atoms with Gasteiger partial charge in [0.2, 0.25) is 5.91 Å². The third-order valence-corrected chi connectivity index (χ3v) is 5.59. The van der Waals surface area contributed by atoms with Gasteiger partial charge in [-0.15, -0.1) is 21.5 Å². The molecule has 134 valence electrons. The molecule has 1 fully saturated rings. The Morgan fingerprint density at radius 1 is 1.40 bits per heavy atom. The smallest absolute Gasteiger partial charge is 0.309 e. The van der Waals surface area contributed by atoms with Crippen LogP contribution in [0.1, 0.15) is 19.8 Å². The summed E-state index contributed by atoms with van der Waals surface area (Å²) in [4.78, 5) is 26.7. The van der Waals surface area contributed by atoms with Gasteiger partial charge in [-0.1, -0.05) is 17.8 Å². The normalized spacial score (nSPS) is 15.3. The van der Waals surface area contributed by atoms with Gasteiger partial charge in [-0.2, -0.15) is 0 Å². The van der Waals surface area contributed by atoms with Crippen molar-refractivity contribution in [2.75, 3.05) is 25.4 Å². The second-order valence-corrected chi connectivity index (χ2v) is 7.42. The fourth-order valence-electron chi connectivity index (χ4n) is 2.61. The predicted octanol–water partition coefficient (Wildman–Crippen LogP) is 2.69. The molecule has 1 aliphatic heterocycles. The second-order valence-electron chi connectivity index (χ2n) is 5.55. The molecule has 0 aliphatic carbocycles. The lowest BCUT2D eigenvalue weighted by Crippen LogP contribution is -2.41. The molecule has 7 nitrogen and oxygen atoms in total. The highest BCUT2D eigenvalue weighted by molar-refractivity contribution is 7.99. The largest absolute Gasteiger partial charge is 0.466 e. The third-order valence-electron chi connectivity index (χ3n) is 3.93. The van der Waals surface area contributed by atoms with E-state index < -0.39 is 0 Å². The summed E-state index contributed by atoms with van der Waals surface area (Å²) in [6, 6.07) is 3.83. The molecule has 0 spiro atoms. The summed E-state index contributed by atoms with van der Waals surface area (Å²) in [5, 5.41) is 10.3. The van der Waals surface area contributed by atoms with Gasteiger partial charge in [-0.25, -0.2) is 0 Å². The van der Waals surface area contributed by atoms with E-state index in [9.17, 15) is 9.59 Å². The van der Waals surface area contributed by atoms with Crippen molar-refractivity contribution in [3.8, 4) is 10.8 Å². The summed E-state index contributed by atoms with van der Waals surface area (Å²) in [6.07, 6.45) is 1.30. The molecular formula is C16H19N3O4S2. The predicted molar refractivity (Wildman–Crippen MR) is 94.3 cm³/mol. The van der Waals surface area contributed by atoms with Crippen LogP contribution in [-0.4, -0.2) is 52.4 Å². The highest BCUT2D eigenvalue weighted by Gasteiger charge is 2.28. The van der Waals surface area contributed by atoms with Crippen LogP contribution in [0.2, 0.25) is 0 Å². The standard InChI is InChI=1S/C16H19N3O4S2/c1-2-22-15(21)11-5-7-19(8-6-11)13(20)10-25-16-18-17-14(23-16)12-4-3-9-24-12/h3-4,9,11H,2,5-8,10H2,1H3. The maximum absolute atomic E-state index is 12.3. The summed E-state index contributed by atoms with van der Waals surface area (Å²) in [5.41, 5.74) is 0. The van der Waals surface area contributed by atoms with Gasteiger partial charge >= 0.3 is 5.97 Å². The topological polar surface area (TPSA) is 85.5 Å². The average molecular weight is 381 g/mol. The molecule has 0 bridgehead atoms. The summed E-state index contributed by atoms with van der Waals surface area (Å²) in [5.74, 6) is 0.483. The van der Waals surface area contributed by atoms with Gasteiger partial charge in [0.05, 0.1) is 23.2 Å². The Morgan fingerprint density at radius 2 is 2.20 bits per heavy atom. The summed E-state index contributed by atoms with van der Waals surface area (Å²) in [6.45, 7) is 3.35. The minimum Gasteiger partial charge on any atom is -0.466 e. The monoisotopic (exact) mass is 381 g/mol. The van der Waals surface area contributed by atoms with Crippen molar-refractivity contribution in [1.29, 1.82) is 0 Å². The molecule has 2 aromatic rings. The Hall–Kier alpha value is -1.87. The quantitative estimate of drug-likeness (QED) is 0.562. The van der Waals surface area contributed by atoms with Crippen LogP contribution in [0.5, 0.6) is 0 Å². The summed E-state index contributed by atoms with van der Waals surface area (Å²) in [7, 11) is 0. The molecule has 1 saturated heterocycles. The number of rotatable bonds is 6. The number of thioether (sulfide) groups is 1. The third kappa shape index (κ3) is 4.60. The maximum atomic E-state index is 12.3. The number of carbonyl (C=O) groups is 2. The second kappa shape index (κ2) is 8.48. The molecule has 25 heavy (non-hydrogen) atoms. The zero-order chi connectivity index (χ0) is 17.6. The fraction of sp³-hybridized carbons (Fsp3) is 0.500. The van der Waals surface area contributed by atoms with Crippen molar-refractivity contribution in [2.24, 2.45) is 5.92 Å². The summed E-state index contributed by atoms with van der Waals surface area (Å²) < 4.78 is 10.6. The van der Waals surface area contributed by atoms with Crippen LogP contribution >= 0.6 is 23.1 Å². The first kappa shape index (κ1) is 17.9. The van der Waals surface area contributed by atoms with Crippen LogP contribution in [0.3, 0.4) is 0 Å². The number of thiophene rings is 1. The van der Waals surface area contributed by atoms with Crippen molar-refractivity contribution in [1.82, 2.24) is 15.1 Å². The number of piperidine rings is 1. The lowest BCUT2D eigenvalue weighted by atomic mass is 9.97. The zero-order valence-corrected chi connectivity index (χ0v) is 15.5. The van der Waals surface area contributed by atoms with Gasteiger partial charge in [0.1, 0.15) is 0 Å². The van der Waals surface area contributed by atoms with E-state index in [1.807, 2.05) is 17.5 Å². The van der Waals surface area contributed by atoms with Crippen LogP contribution in [-0.2, 0) is 14.3 Å². The van der Waals surface area contributed by atoms with E-state index in [1.54, 1.807) is 11.8 Å². The molecule has 0 aromatic carbocycles. The van der Waals surface area contributed by atoms with E-state index in [4.69, 9.17) is 9.15 Å². The van der Waals surface area contributed by atoms with Gasteiger partial charge in [-0.05, 0) is 31.2 Å². The molecule has 3 rings (SSSR count). The molecule has 3 heterocycles. The number of amides is 1. The first-order chi connectivity index (χ1) is 12.2. The Morgan fingerprint density at radius 3 is 2.88 bits per heavy atom. The number of carbonyl (C=O) groups excluding carboxylic acids is 2. The van der Waals surface area contributed by atoms with Crippen molar-refractivity contribution < 1.29 is 18.7 Å². The molecule has 0 radical (unpaired) electrons. The number of hydrogen-bond donors (Lipinski definition) is 0. The minimum absolute atomic E-state index is 0.0168. The van der Waals surface area contributed by atoms with Crippen LogP contribution < -0.4 is 0 Å². The van der Waals surface area contributed by atoms with Gasteiger partial charge in [-0.3, -0.25) is 9.59 Å². The Kier molecular flexibility index (Phi) is 6.09. The molecular weight excluding hydrogens is 362 g/mol. The van der Waals surface area contributed by atoms with Crippen LogP contribution in [0.25, 0.3) is 10.8 Å². The SMILES string of the molecule is CCOC(=O)C1CCN(C(=O)CSc2nnc(-c3cccs3)o2)CC1. The van der Waals surface area contributed by atoms with Gasteiger partial charge in [0, 0.05) is 13.1 Å². The van der Waals surface area contributed by atoms with E-state index in [-0.39, 0.29) is 23.5 Å². The highest BCUT2D eigenvalue weighted by Crippen LogP contribution is 2.27. The average Bonchev–Trinajstić information content (AvgIpc) is 3.31. The van der Waals surface area contributed by atoms with Crippen molar-refractivity contribution in [3.05, 3.63) is 17.5 Å². The van der Waals surface area contributed by atoms with Crippen molar-refractivity contribution in [2.45, 2.75) is 25.0 Å². The Labute approximate surface area is 153 Å². The van der Waals surface area contributed by atoms with E-state index in [2.05, 4.69) is 10.2 Å². The fourth-order valence-corrected chi connectivity index (χ4v) is 3.92. The molecule has 1 amide bonds. The summed E-state index contributed by atoms with van der Waals surface area (Å²) >= 11 is 2.76. The van der Waals surface area contributed by atoms with Crippen LogP contribution in [0.15, 0.2) is 27.2 Å². The zero-order valence-electron chi connectivity index (χ0n) is 13.8. The van der Waals surface area contributed by atoms with E-state index >= 15 is 0 Å². The maximum Gasteiger partial charge on any atom is 0.309 e. The highest BCUT2D eigenvalue weighted by atomic mass is 32.2. The van der Waals surface area contributed by atoms with Crippen LogP contribution in [0.4, 0.5) is 0 Å². The number of nitrogens with zero attached hydrogens (tertiary/aromatic N) is 3. The van der Waals surface area contributed by atoms with Crippen molar-refractivity contribution in [3.63, 3.8) is 0 Å². The molecule has 0 unspecified atom stereocenters. The number of esters is 1. The lowest BCUT2D eigenvalue weighted by Gasteiger charge is -2.30. The van der Waals surface area contributed by atoms with Gasteiger partial charge in [0.25, 0.3) is 11.1 Å². The molecule has 0 atom stereocenters. The molecule has 9 heteroatoms. The molecule has 0 saturated carbocycles. The first-order valence-electron chi connectivity index (χ1n) is 8.12. The number of likely N-dealkylation sites (tertiary alicyclic amines) is 1. The molecule has 2 aromatic heterocycles. The van der Waals surface area contributed by atoms with Crippen LogP contribution in [0, 0.1) is 5.92 Å². The molecule has 0 N–H and O–H groups in total. The molecule has 1 aliphatic rings. The number of ether oxygens (including phenoxy) is 1. The number of aromatic nitrogens is 2. The lowest BCUT2D eigenvalue weighted by molar-refractivity contribution is -0.151. The van der Waals surface area contributed by atoms with Crippen molar-refractivity contribution >= 4 is 35.0 Å². The Balaban J connectivity index is 1.45.